The fourth-order valence-corrected chi connectivity index (χ4v) is 4.19. The third kappa shape index (κ3) is 2.76. The minimum atomic E-state index is -3.96. The number of para-hydroxylation sites is 1. The summed E-state index contributed by atoms with van der Waals surface area (Å²) in [5.41, 5.74) is 2.04. The van der Waals surface area contributed by atoms with Crippen LogP contribution in [0.2, 0.25) is 0 Å². The summed E-state index contributed by atoms with van der Waals surface area (Å²) in [6, 6.07) is 12.0. The molecule has 25 heavy (non-hydrogen) atoms. The summed E-state index contributed by atoms with van der Waals surface area (Å²) in [5.74, 6) is -0.355. The lowest BCUT2D eigenvalue weighted by Gasteiger charge is -2.29. The Morgan fingerprint density at radius 3 is 2.44 bits per heavy atom. The summed E-state index contributed by atoms with van der Waals surface area (Å²) in [4.78, 5) is 13.3. The molecule has 1 heterocycles. The van der Waals surface area contributed by atoms with E-state index in [0.717, 1.165) is 12.7 Å². The van der Waals surface area contributed by atoms with E-state index in [9.17, 15) is 13.2 Å². The van der Waals surface area contributed by atoms with Crippen LogP contribution in [0.25, 0.3) is 0 Å². The first-order valence-electron chi connectivity index (χ1n) is 7.48. The van der Waals surface area contributed by atoms with Gasteiger partial charge in [0.05, 0.1) is 30.5 Å². The summed E-state index contributed by atoms with van der Waals surface area (Å²) in [7, 11) is -1.28. The lowest BCUT2D eigenvalue weighted by Crippen LogP contribution is -2.26. The maximum atomic E-state index is 12.8. The van der Waals surface area contributed by atoms with E-state index < -0.39 is 20.7 Å². The number of hydrogen-bond acceptors (Lipinski definition) is 6. The molecule has 0 amide bonds. The number of sulfone groups is 1. The van der Waals surface area contributed by atoms with E-state index in [1.165, 1.54) is 19.4 Å². The number of methoxy groups -OCH3 is 2. The lowest BCUT2D eigenvalue weighted by atomic mass is 10.1. The number of fused-ring (bicyclic) bond motifs is 1. The van der Waals surface area contributed by atoms with Crippen molar-refractivity contribution in [2.45, 2.75) is 11.8 Å². The Bertz CT molecular complexity index is 979. The van der Waals surface area contributed by atoms with E-state index in [2.05, 4.69) is 4.74 Å². The van der Waals surface area contributed by atoms with Crippen molar-refractivity contribution in [1.82, 2.24) is 0 Å². The number of aryl methyl sites for hydroxylation is 1. The summed E-state index contributed by atoms with van der Waals surface area (Å²) in [5, 5.41) is 0. The summed E-state index contributed by atoms with van der Waals surface area (Å²) in [6.07, 6.45) is 1.28. The second-order valence-electron chi connectivity index (χ2n) is 5.50. The van der Waals surface area contributed by atoms with Crippen molar-refractivity contribution in [3.63, 3.8) is 0 Å². The molecular formula is C18H17NO5S. The molecule has 1 aliphatic heterocycles. The van der Waals surface area contributed by atoms with Crippen molar-refractivity contribution in [1.29, 1.82) is 0 Å². The van der Waals surface area contributed by atoms with Gasteiger partial charge in [0.25, 0.3) is 0 Å². The molecule has 7 heteroatoms. The van der Waals surface area contributed by atoms with Gasteiger partial charge in [-0.2, -0.15) is 0 Å². The maximum absolute atomic E-state index is 12.8. The van der Waals surface area contributed by atoms with Crippen molar-refractivity contribution in [2.75, 3.05) is 19.1 Å². The van der Waals surface area contributed by atoms with Gasteiger partial charge in [-0.25, -0.2) is 13.2 Å². The molecule has 0 radical (unpaired) electrons. The molecule has 2 aromatic rings. The highest BCUT2D eigenvalue weighted by molar-refractivity contribution is 7.96. The van der Waals surface area contributed by atoms with Crippen LogP contribution in [0.1, 0.15) is 5.56 Å². The standard InChI is InChI=1S/C18H17NO5S/c1-12-8-9-15(23-2)14(10-12)19-11-17(18(20)24-3)25(21,22)16-7-5-4-6-13(16)19/h4-11H,1-3H3. The van der Waals surface area contributed by atoms with Crippen LogP contribution in [0.4, 0.5) is 11.4 Å². The molecule has 0 fully saturated rings. The van der Waals surface area contributed by atoms with Crippen LogP contribution in [-0.4, -0.2) is 28.6 Å². The average Bonchev–Trinajstić information content (AvgIpc) is 2.61. The van der Waals surface area contributed by atoms with Crippen LogP contribution in [0, 0.1) is 6.92 Å². The van der Waals surface area contributed by atoms with Crippen LogP contribution in [0.15, 0.2) is 58.5 Å². The number of benzene rings is 2. The first-order valence-corrected chi connectivity index (χ1v) is 8.96. The van der Waals surface area contributed by atoms with Crippen LogP contribution in [0.5, 0.6) is 5.75 Å². The largest absolute Gasteiger partial charge is 0.495 e. The monoisotopic (exact) mass is 359 g/mol. The van der Waals surface area contributed by atoms with Gasteiger partial charge in [0.1, 0.15) is 5.75 Å². The lowest BCUT2D eigenvalue weighted by molar-refractivity contribution is -0.135. The number of nitrogens with zero attached hydrogens (tertiary/aromatic N) is 1. The highest BCUT2D eigenvalue weighted by Crippen LogP contribution is 2.43. The molecule has 0 unspecified atom stereocenters. The number of anilines is 2. The minimum absolute atomic E-state index is 0.0430. The number of carbonyl (C=O) groups excluding carboxylic acids is 1. The fourth-order valence-electron chi connectivity index (χ4n) is 2.71. The molecule has 3 rings (SSSR count). The Kier molecular flexibility index (Phi) is 4.26. The third-order valence-corrected chi connectivity index (χ3v) is 5.71. The van der Waals surface area contributed by atoms with E-state index in [0.29, 0.717) is 17.1 Å². The normalized spacial score (nSPS) is 15.2. The molecule has 0 aliphatic carbocycles. The Balaban J connectivity index is 2.32. The van der Waals surface area contributed by atoms with E-state index in [1.807, 2.05) is 19.1 Å². The van der Waals surface area contributed by atoms with E-state index in [-0.39, 0.29) is 4.90 Å². The third-order valence-electron chi connectivity index (χ3n) is 3.93. The topological polar surface area (TPSA) is 72.9 Å². The Morgan fingerprint density at radius 1 is 1.04 bits per heavy atom. The molecular weight excluding hydrogens is 342 g/mol. The minimum Gasteiger partial charge on any atom is -0.495 e. The SMILES string of the molecule is COC(=O)C1=CN(c2cc(C)ccc2OC)c2ccccc2S1(=O)=O. The quantitative estimate of drug-likeness (QED) is 0.785. The van der Waals surface area contributed by atoms with Crippen LogP contribution in [-0.2, 0) is 19.4 Å². The van der Waals surface area contributed by atoms with Crippen molar-refractivity contribution in [2.24, 2.45) is 0 Å². The zero-order chi connectivity index (χ0) is 18.2. The second-order valence-corrected chi connectivity index (χ2v) is 7.39. The van der Waals surface area contributed by atoms with Gasteiger partial charge in [0, 0.05) is 6.20 Å². The molecule has 6 nitrogen and oxygen atoms in total. The number of ether oxygens (including phenoxy) is 2. The molecule has 1 aliphatic rings. The predicted octanol–water partition coefficient (Wildman–Crippen LogP) is 2.94. The maximum Gasteiger partial charge on any atom is 0.351 e. The first kappa shape index (κ1) is 17.0. The van der Waals surface area contributed by atoms with Crippen LogP contribution < -0.4 is 9.64 Å². The van der Waals surface area contributed by atoms with Gasteiger partial charge in [-0.05, 0) is 36.8 Å². The van der Waals surface area contributed by atoms with E-state index in [1.54, 1.807) is 29.2 Å². The molecule has 2 aromatic carbocycles. The fraction of sp³-hybridized carbons (Fsp3) is 0.167. The molecule has 0 spiro atoms. The highest BCUT2D eigenvalue weighted by Gasteiger charge is 2.36. The molecule has 0 atom stereocenters. The number of esters is 1. The van der Waals surface area contributed by atoms with Gasteiger partial charge >= 0.3 is 5.97 Å². The van der Waals surface area contributed by atoms with Crippen molar-refractivity contribution >= 4 is 27.2 Å². The smallest absolute Gasteiger partial charge is 0.351 e. The second kappa shape index (κ2) is 6.25. The van der Waals surface area contributed by atoms with Gasteiger partial charge in [0.2, 0.25) is 9.84 Å². The first-order chi connectivity index (χ1) is 11.9. The zero-order valence-corrected chi connectivity index (χ0v) is 14.8. The Labute approximate surface area is 146 Å². The molecule has 0 saturated heterocycles. The van der Waals surface area contributed by atoms with Gasteiger partial charge in [-0.3, -0.25) is 0 Å². The molecule has 0 saturated carbocycles. The molecule has 0 N–H and O–H groups in total. The molecule has 130 valence electrons. The van der Waals surface area contributed by atoms with E-state index >= 15 is 0 Å². The van der Waals surface area contributed by atoms with Crippen molar-refractivity contribution in [3.05, 3.63) is 59.1 Å². The number of carbonyl (C=O) groups is 1. The molecule has 0 bridgehead atoms. The van der Waals surface area contributed by atoms with E-state index in [4.69, 9.17) is 4.74 Å². The predicted molar refractivity (Wildman–Crippen MR) is 93.6 cm³/mol. The average molecular weight is 359 g/mol. The van der Waals surface area contributed by atoms with Crippen LogP contribution >= 0.6 is 0 Å². The van der Waals surface area contributed by atoms with Crippen LogP contribution in [0.3, 0.4) is 0 Å². The van der Waals surface area contributed by atoms with Crippen molar-refractivity contribution < 1.29 is 22.7 Å². The van der Waals surface area contributed by atoms with Crippen molar-refractivity contribution in [3.8, 4) is 5.75 Å². The summed E-state index contributed by atoms with van der Waals surface area (Å²) in [6.45, 7) is 1.92. The number of rotatable bonds is 3. The van der Waals surface area contributed by atoms with Gasteiger partial charge in [-0.1, -0.05) is 18.2 Å². The van der Waals surface area contributed by atoms with Gasteiger partial charge in [-0.15, -0.1) is 0 Å². The summed E-state index contributed by atoms with van der Waals surface area (Å²) >= 11 is 0. The Morgan fingerprint density at radius 2 is 1.76 bits per heavy atom. The summed E-state index contributed by atoms with van der Waals surface area (Å²) < 4.78 is 35.6. The zero-order valence-electron chi connectivity index (χ0n) is 14.0. The van der Waals surface area contributed by atoms with Gasteiger partial charge < -0.3 is 14.4 Å². The Hall–Kier alpha value is -2.80. The van der Waals surface area contributed by atoms with Gasteiger partial charge in [0.15, 0.2) is 4.91 Å². The highest BCUT2D eigenvalue weighted by atomic mass is 32.2. The number of hydrogen-bond donors (Lipinski definition) is 0. The molecule has 0 aromatic heterocycles.